The van der Waals surface area contributed by atoms with Crippen LogP contribution < -0.4 is 4.57 Å². The first-order valence-corrected chi connectivity index (χ1v) is 13.7. The van der Waals surface area contributed by atoms with Gasteiger partial charge in [0.25, 0.3) is 0 Å². The predicted molar refractivity (Wildman–Crippen MR) is 153 cm³/mol. The second-order valence-electron chi connectivity index (χ2n) is 10.9. The van der Waals surface area contributed by atoms with Crippen LogP contribution in [0.15, 0.2) is 95.5 Å². The molecule has 1 fully saturated rings. The minimum Gasteiger partial charge on any atom is -0.455 e. The summed E-state index contributed by atoms with van der Waals surface area (Å²) in [6, 6.07) is 29.4. The maximum Gasteiger partial charge on any atom is 0.216 e. The molecule has 0 aliphatic heterocycles. The topological polar surface area (TPSA) is 17.0 Å². The summed E-state index contributed by atoms with van der Waals surface area (Å²) in [6.45, 7) is 2.12. The first-order valence-electron chi connectivity index (χ1n) is 13.7. The molecule has 0 spiro atoms. The molecule has 1 aliphatic rings. The Kier molecular flexibility index (Phi) is 5.54. The average Bonchev–Trinajstić information content (AvgIpc) is 3.32. The van der Waals surface area contributed by atoms with Gasteiger partial charge in [0.1, 0.15) is 24.0 Å². The Labute approximate surface area is 222 Å². The molecule has 0 unspecified atom stereocenters. The van der Waals surface area contributed by atoms with Crippen molar-refractivity contribution in [2.75, 3.05) is 0 Å². The maximum absolute atomic E-state index is 15.5. The lowest BCUT2D eigenvalue weighted by Gasteiger charge is -2.29. The van der Waals surface area contributed by atoms with Crippen LogP contribution in [0, 0.1) is 12.7 Å². The third-order valence-corrected chi connectivity index (χ3v) is 8.69. The quantitative estimate of drug-likeness (QED) is 0.221. The fourth-order valence-corrected chi connectivity index (χ4v) is 6.66. The maximum atomic E-state index is 15.5. The highest BCUT2D eigenvalue weighted by Crippen LogP contribution is 2.46. The Morgan fingerprint density at radius 2 is 1.45 bits per heavy atom. The summed E-state index contributed by atoms with van der Waals surface area (Å²) in [5, 5.41) is 4.63. The SMILES string of the molecule is Cc1ccc2c(oc3c(C4CCC(c5ccc6ccccc6c5)CC4)c(F)ccc32)c1-c1cccc[n+]1C. The van der Waals surface area contributed by atoms with Crippen LogP contribution in [0.2, 0.25) is 0 Å². The third kappa shape index (κ3) is 3.72. The van der Waals surface area contributed by atoms with Gasteiger partial charge in [0.2, 0.25) is 5.69 Å². The Balaban J connectivity index is 1.27. The summed E-state index contributed by atoms with van der Waals surface area (Å²) in [4.78, 5) is 0. The van der Waals surface area contributed by atoms with E-state index in [0.717, 1.165) is 70.0 Å². The number of hydrogen-bond donors (Lipinski definition) is 0. The van der Waals surface area contributed by atoms with Gasteiger partial charge in [-0.15, -0.1) is 0 Å². The van der Waals surface area contributed by atoms with Crippen LogP contribution in [0.1, 0.15) is 54.2 Å². The van der Waals surface area contributed by atoms with Gasteiger partial charge in [-0.05, 0) is 84.5 Å². The van der Waals surface area contributed by atoms with E-state index in [0.29, 0.717) is 5.92 Å². The molecule has 0 bridgehead atoms. The predicted octanol–water partition coefficient (Wildman–Crippen LogP) is 9.12. The molecule has 2 nitrogen and oxygen atoms in total. The Bertz CT molecular complexity index is 1820. The average molecular weight is 501 g/mol. The van der Waals surface area contributed by atoms with E-state index in [9.17, 15) is 0 Å². The lowest BCUT2D eigenvalue weighted by atomic mass is 9.75. The van der Waals surface area contributed by atoms with Crippen molar-refractivity contribution in [1.29, 1.82) is 0 Å². The number of pyridine rings is 1. The highest BCUT2D eigenvalue weighted by atomic mass is 19.1. The second kappa shape index (κ2) is 9.09. The van der Waals surface area contributed by atoms with E-state index in [1.807, 2.05) is 12.1 Å². The summed E-state index contributed by atoms with van der Waals surface area (Å²) >= 11 is 0. The zero-order valence-corrected chi connectivity index (χ0v) is 21.9. The molecule has 38 heavy (non-hydrogen) atoms. The van der Waals surface area contributed by atoms with Crippen LogP contribution >= 0.6 is 0 Å². The smallest absolute Gasteiger partial charge is 0.216 e. The fourth-order valence-electron chi connectivity index (χ4n) is 6.66. The molecule has 7 rings (SSSR count). The molecule has 2 heterocycles. The Hall–Kier alpha value is -3.98. The molecule has 3 heteroatoms. The third-order valence-electron chi connectivity index (χ3n) is 8.69. The Morgan fingerprint density at radius 3 is 2.26 bits per heavy atom. The summed E-state index contributed by atoms with van der Waals surface area (Å²) in [7, 11) is 2.05. The molecule has 0 N–H and O–H groups in total. The number of halogens is 1. The minimum absolute atomic E-state index is 0.144. The van der Waals surface area contributed by atoms with E-state index < -0.39 is 0 Å². The molecule has 6 aromatic rings. The number of aromatic nitrogens is 1. The molecule has 2 aromatic heterocycles. The van der Waals surface area contributed by atoms with Gasteiger partial charge in [0, 0.05) is 28.5 Å². The van der Waals surface area contributed by atoms with Crippen LogP contribution in [0.25, 0.3) is 44.0 Å². The van der Waals surface area contributed by atoms with Gasteiger partial charge in [-0.3, -0.25) is 0 Å². The summed E-state index contributed by atoms with van der Waals surface area (Å²) < 4.78 is 24.3. The standard InChI is InChI=1S/C35H31FNO/c1-22-10-17-28-29-18-19-30(36)33(35(29)38-34(28)32(22)31-9-5-6-20-37(31)2)25-14-11-24(12-15-25)27-16-13-23-7-3-4-8-26(23)21-27/h3-10,13,16-21,24-25H,11-12,14-15H2,1-2H3/q+1. The number of furan rings is 1. The highest BCUT2D eigenvalue weighted by molar-refractivity contribution is 6.10. The van der Waals surface area contributed by atoms with Gasteiger partial charge in [-0.2, -0.15) is 0 Å². The second-order valence-corrected chi connectivity index (χ2v) is 10.9. The number of rotatable bonds is 3. The number of hydrogen-bond acceptors (Lipinski definition) is 1. The molecule has 0 atom stereocenters. The van der Waals surface area contributed by atoms with Crippen LogP contribution in [0.5, 0.6) is 0 Å². The van der Waals surface area contributed by atoms with E-state index in [4.69, 9.17) is 4.42 Å². The minimum atomic E-state index is -0.144. The number of benzene rings is 4. The van der Waals surface area contributed by atoms with Crippen molar-refractivity contribution in [3.8, 4) is 11.3 Å². The normalized spacial score (nSPS) is 18.0. The van der Waals surface area contributed by atoms with Crippen LogP contribution in [-0.2, 0) is 7.05 Å². The number of fused-ring (bicyclic) bond motifs is 4. The molecular weight excluding hydrogens is 469 g/mol. The molecule has 0 amide bonds. The zero-order chi connectivity index (χ0) is 25.8. The van der Waals surface area contributed by atoms with E-state index in [1.54, 1.807) is 6.07 Å². The molecular formula is C35H31FNO+. The molecule has 1 aliphatic carbocycles. The van der Waals surface area contributed by atoms with Crippen LogP contribution in [0.3, 0.4) is 0 Å². The monoisotopic (exact) mass is 500 g/mol. The van der Waals surface area contributed by atoms with E-state index in [2.05, 4.69) is 91.5 Å². The molecule has 4 aromatic carbocycles. The summed E-state index contributed by atoms with van der Waals surface area (Å²) in [5.74, 6) is 0.531. The van der Waals surface area contributed by atoms with Gasteiger partial charge in [0.15, 0.2) is 6.20 Å². The molecule has 188 valence electrons. The van der Waals surface area contributed by atoms with Gasteiger partial charge in [0.05, 0.1) is 5.56 Å². The first kappa shape index (κ1) is 23.2. The fraction of sp³-hybridized carbons (Fsp3) is 0.229. The number of nitrogens with zero attached hydrogens (tertiary/aromatic N) is 1. The van der Waals surface area contributed by atoms with Crippen LogP contribution in [-0.4, -0.2) is 0 Å². The summed E-state index contributed by atoms with van der Waals surface area (Å²) in [5.41, 5.74) is 7.05. The van der Waals surface area contributed by atoms with E-state index >= 15 is 4.39 Å². The molecule has 1 saturated carbocycles. The highest BCUT2D eigenvalue weighted by Gasteiger charge is 2.29. The van der Waals surface area contributed by atoms with Crippen molar-refractivity contribution in [1.82, 2.24) is 0 Å². The van der Waals surface area contributed by atoms with Crippen molar-refractivity contribution >= 4 is 32.7 Å². The first-order chi connectivity index (χ1) is 18.6. The van der Waals surface area contributed by atoms with Crippen molar-refractivity contribution in [3.05, 3.63) is 114 Å². The van der Waals surface area contributed by atoms with Gasteiger partial charge in [-0.1, -0.05) is 54.6 Å². The van der Waals surface area contributed by atoms with E-state index in [-0.39, 0.29) is 11.7 Å². The number of aryl methyl sites for hydroxylation is 2. The van der Waals surface area contributed by atoms with Gasteiger partial charge < -0.3 is 4.42 Å². The van der Waals surface area contributed by atoms with E-state index in [1.165, 1.54) is 16.3 Å². The lowest BCUT2D eigenvalue weighted by molar-refractivity contribution is -0.660. The zero-order valence-electron chi connectivity index (χ0n) is 21.9. The van der Waals surface area contributed by atoms with Gasteiger partial charge in [-0.25, -0.2) is 8.96 Å². The van der Waals surface area contributed by atoms with Crippen molar-refractivity contribution < 1.29 is 13.4 Å². The molecule has 0 saturated heterocycles. The van der Waals surface area contributed by atoms with Gasteiger partial charge >= 0.3 is 0 Å². The largest absolute Gasteiger partial charge is 0.455 e. The van der Waals surface area contributed by atoms with Crippen molar-refractivity contribution in [2.45, 2.75) is 44.4 Å². The van der Waals surface area contributed by atoms with Crippen LogP contribution in [0.4, 0.5) is 4.39 Å². The van der Waals surface area contributed by atoms with Crippen molar-refractivity contribution in [3.63, 3.8) is 0 Å². The lowest BCUT2D eigenvalue weighted by Crippen LogP contribution is -2.30. The van der Waals surface area contributed by atoms with Crippen molar-refractivity contribution in [2.24, 2.45) is 7.05 Å². The molecule has 0 radical (unpaired) electrons. The summed E-state index contributed by atoms with van der Waals surface area (Å²) in [6.07, 6.45) is 6.09. The Morgan fingerprint density at radius 1 is 0.737 bits per heavy atom.